The van der Waals surface area contributed by atoms with Crippen molar-refractivity contribution in [3.8, 4) is 5.75 Å². The van der Waals surface area contributed by atoms with Gasteiger partial charge in [0.05, 0.1) is 18.2 Å². The second-order valence-electron chi connectivity index (χ2n) is 4.36. The zero-order valence-electron chi connectivity index (χ0n) is 9.61. The number of rotatable bonds is 1. The number of nitrogens with two attached hydrogens (primary N) is 1. The van der Waals surface area contributed by atoms with Crippen molar-refractivity contribution in [2.45, 2.75) is 25.9 Å². The van der Waals surface area contributed by atoms with E-state index in [1.807, 2.05) is 11.5 Å². The Morgan fingerprint density at radius 1 is 1.53 bits per heavy atom. The number of hydrogen-bond acceptors (Lipinski definition) is 3. The second kappa shape index (κ2) is 3.70. The molecule has 17 heavy (non-hydrogen) atoms. The molecule has 5 heteroatoms. The van der Waals surface area contributed by atoms with Crippen molar-refractivity contribution in [1.82, 2.24) is 9.55 Å². The summed E-state index contributed by atoms with van der Waals surface area (Å²) in [5.41, 5.74) is 7.38. The third-order valence-corrected chi connectivity index (χ3v) is 3.02. The van der Waals surface area contributed by atoms with Crippen LogP contribution in [0.4, 0.5) is 4.39 Å². The van der Waals surface area contributed by atoms with Crippen LogP contribution in [0.25, 0.3) is 11.0 Å². The van der Waals surface area contributed by atoms with E-state index in [0.717, 1.165) is 29.8 Å². The van der Waals surface area contributed by atoms with Gasteiger partial charge in [-0.3, -0.25) is 0 Å². The molecule has 90 valence electrons. The number of aryl methyl sites for hydroxylation is 1. The highest BCUT2D eigenvalue weighted by molar-refractivity contribution is 5.83. The Balaban J connectivity index is 2.38. The molecule has 0 spiro atoms. The van der Waals surface area contributed by atoms with E-state index in [1.54, 1.807) is 6.07 Å². The maximum atomic E-state index is 13.7. The van der Waals surface area contributed by atoms with Gasteiger partial charge in [0.25, 0.3) is 0 Å². The minimum absolute atomic E-state index is 0.170. The number of hydrogen-bond donors (Lipinski definition) is 1. The molecule has 1 aliphatic rings. The minimum Gasteiger partial charge on any atom is -0.488 e. The molecular formula is C12H14FN3O. The summed E-state index contributed by atoms with van der Waals surface area (Å²) in [7, 11) is 0. The van der Waals surface area contributed by atoms with Gasteiger partial charge in [-0.05, 0) is 25.5 Å². The SMILES string of the molecule is C[C@H](N)c1nc2ccc(F)c3c2n1CCCO3. The molecule has 0 amide bonds. The number of aromatic nitrogens is 2. The molecule has 1 atom stereocenters. The Morgan fingerprint density at radius 3 is 3.12 bits per heavy atom. The topological polar surface area (TPSA) is 53.1 Å². The lowest BCUT2D eigenvalue weighted by molar-refractivity contribution is 0.301. The average Bonchev–Trinajstić information content (AvgIpc) is 2.51. The lowest BCUT2D eigenvalue weighted by Crippen LogP contribution is -2.13. The van der Waals surface area contributed by atoms with Crippen molar-refractivity contribution < 1.29 is 9.13 Å². The van der Waals surface area contributed by atoms with E-state index in [2.05, 4.69) is 4.98 Å². The van der Waals surface area contributed by atoms with Gasteiger partial charge in [-0.15, -0.1) is 0 Å². The number of nitrogens with zero attached hydrogens (tertiary/aromatic N) is 2. The van der Waals surface area contributed by atoms with Crippen LogP contribution in [0.3, 0.4) is 0 Å². The van der Waals surface area contributed by atoms with Crippen molar-refractivity contribution in [3.05, 3.63) is 23.8 Å². The molecular weight excluding hydrogens is 221 g/mol. The van der Waals surface area contributed by atoms with Gasteiger partial charge in [-0.2, -0.15) is 0 Å². The second-order valence-corrected chi connectivity index (χ2v) is 4.36. The van der Waals surface area contributed by atoms with Gasteiger partial charge in [0, 0.05) is 6.54 Å². The zero-order valence-corrected chi connectivity index (χ0v) is 9.61. The molecule has 0 unspecified atom stereocenters. The predicted octanol–water partition coefficient (Wildman–Crippen LogP) is 1.98. The van der Waals surface area contributed by atoms with Crippen molar-refractivity contribution >= 4 is 11.0 Å². The highest BCUT2D eigenvalue weighted by atomic mass is 19.1. The summed E-state index contributed by atoms with van der Waals surface area (Å²) in [6, 6.07) is 2.90. The molecule has 2 aromatic rings. The van der Waals surface area contributed by atoms with E-state index in [4.69, 9.17) is 10.5 Å². The third-order valence-electron chi connectivity index (χ3n) is 3.02. The molecule has 2 N–H and O–H groups in total. The highest BCUT2D eigenvalue weighted by Crippen LogP contribution is 2.33. The summed E-state index contributed by atoms with van der Waals surface area (Å²) in [6.07, 6.45) is 0.833. The number of benzene rings is 1. The first-order valence-corrected chi connectivity index (χ1v) is 5.75. The summed E-state index contributed by atoms with van der Waals surface area (Å²) < 4.78 is 21.2. The zero-order chi connectivity index (χ0) is 12.0. The number of halogens is 1. The molecule has 0 fully saturated rings. The van der Waals surface area contributed by atoms with E-state index < -0.39 is 0 Å². The van der Waals surface area contributed by atoms with Gasteiger partial charge in [-0.25, -0.2) is 9.37 Å². The lowest BCUT2D eigenvalue weighted by Gasteiger charge is -2.08. The maximum absolute atomic E-state index is 13.7. The first-order chi connectivity index (χ1) is 8.18. The Kier molecular flexibility index (Phi) is 2.29. The first-order valence-electron chi connectivity index (χ1n) is 5.75. The molecule has 1 aromatic heterocycles. The predicted molar refractivity (Wildman–Crippen MR) is 62.4 cm³/mol. The van der Waals surface area contributed by atoms with Crippen LogP contribution in [0, 0.1) is 5.82 Å². The molecule has 0 saturated heterocycles. The van der Waals surface area contributed by atoms with Crippen LogP contribution in [0.15, 0.2) is 12.1 Å². The molecule has 1 aliphatic heterocycles. The quantitative estimate of drug-likeness (QED) is 0.822. The fourth-order valence-electron chi connectivity index (χ4n) is 2.29. The summed E-state index contributed by atoms with van der Waals surface area (Å²) in [5.74, 6) is 0.758. The van der Waals surface area contributed by atoms with E-state index in [9.17, 15) is 4.39 Å². The van der Waals surface area contributed by atoms with Crippen molar-refractivity contribution in [2.24, 2.45) is 5.73 Å². The van der Waals surface area contributed by atoms with Crippen LogP contribution in [0.2, 0.25) is 0 Å². The molecule has 0 bridgehead atoms. The molecule has 0 radical (unpaired) electrons. The molecule has 2 heterocycles. The van der Waals surface area contributed by atoms with Crippen LogP contribution in [0.1, 0.15) is 25.2 Å². The fourth-order valence-corrected chi connectivity index (χ4v) is 2.29. The van der Waals surface area contributed by atoms with E-state index in [1.165, 1.54) is 6.07 Å². The van der Waals surface area contributed by atoms with Crippen LogP contribution >= 0.6 is 0 Å². The first kappa shape index (κ1) is 10.5. The summed E-state index contributed by atoms with van der Waals surface area (Å²) in [6.45, 7) is 3.17. The standard InChI is InChI=1S/C12H14FN3O/c1-7(14)12-15-9-4-3-8(13)11-10(9)16(12)5-2-6-17-11/h3-4,7H,2,5-6,14H2,1H3/t7-/m0/s1. The summed E-state index contributed by atoms with van der Waals surface area (Å²) >= 11 is 0. The van der Waals surface area contributed by atoms with Crippen molar-refractivity contribution in [3.63, 3.8) is 0 Å². The lowest BCUT2D eigenvalue weighted by atomic mass is 10.3. The molecule has 1 aromatic carbocycles. The van der Waals surface area contributed by atoms with Gasteiger partial charge in [-0.1, -0.05) is 0 Å². The van der Waals surface area contributed by atoms with Gasteiger partial charge in [0.15, 0.2) is 11.6 Å². The minimum atomic E-state index is -0.336. The Hall–Kier alpha value is -1.62. The highest BCUT2D eigenvalue weighted by Gasteiger charge is 2.21. The average molecular weight is 235 g/mol. The Bertz CT molecular complexity index is 577. The Morgan fingerprint density at radius 2 is 2.35 bits per heavy atom. The normalized spacial score (nSPS) is 16.6. The van der Waals surface area contributed by atoms with Gasteiger partial charge in [0.1, 0.15) is 11.3 Å². The molecule has 0 saturated carbocycles. The largest absolute Gasteiger partial charge is 0.488 e. The van der Waals surface area contributed by atoms with Crippen molar-refractivity contribution in [2.75, 3.05) is 6.61 Å². The van der Waals surface area contributed by atoms with Crippen LogP contribution < -0.4 is 10.5 Å². The maximum Gasteiger partial charge on any atom is 0.180 e. The van der Waals surface area contributed by atoms with E-state index in [0.29, 0.717) is 12.4 Å². The van der Waals surface area contributed by atoms with Crippen LogP contribution in [-0.4, -0.2) is 16.2 Å². The third kappa shape index (κ3) is 1.50. The fraction of sp³-hybridized carbons (Fsp3) is 0.417. The van der Waals surface area contributed by atoms with E-state index >= 15 is 0 Å². The summed E-state index contributed by atoms with van der Waals surface area (Å²) in [4.78, 5) is 4.46. The smallest absolute Gasteiger partial charge is 0.180 e. The van der Waals surface area contributed by atoms with Gasteiger partial charge < -0.3 is 15.0 Å². The van der Waals surface area contributed by atoms with Gasteiger partial charge in [0.2, 0.25) is 0 Å². The number of imidazole rings is 1. The van der Waals surface area contributed by atoms with Crippen LogP contribution in [-0.2, 0) is 6.54 Å². The van der Waals surface area contributed by atoms with Gasteiger partial charge >= 0.3 is 0 Å². The number of ether oxygens (including phenoxy) is 1. The monoisotopic (exact) mass is 235 g/mol. The molecule has 3 rings (SSSR count). The van der Waals surface area contributed by atoms with Crippen LogP contribution in [0.5, 0.6) is 5.75 Å². The van der Waals surface area contributed by atoms with E-state index in [-0.39, 0.29) is 11.9 Å². The Labute approximate surface area is 98.2 Å². The summed E-state index contributed by atoms with van der Waals surface area (Å²) in [5, 5.41) is 0. The van der Waals surface area contributed by atoms with Crippen molar-refractivity contribution in [1.29, 1.82) is 0 Å². The molecule has 4 nitrogen and oxygen atoms in total. The molecule has 0 aliphatic carbocycles.